The van der Waals surface area contributed by atoms with Crippen molar-refractivity contribution >= 4 is 17.1 Å². The summed E-state index contributed by atoms with van der Waals surface area (Å²) in [6, 6.07) is 0. The van der Waals surface area contributed by atoms with Crippen LogP contribution in [0.5, 0.6) is 0 Å². The van der Waals surface area contributed by atoms with Gasteiger partial charge in [-0.15, -0.1) is 11.3 Å². The van der Waals surface area contributed by atoms with Gasteiger partial charge in [-0.1, -0.05) is 25.7 Å². The first-order valence-electron chi connectivity index (χ1n) is 5.21. The third-order valence-corrected chi connectivity index (χ3v) is 3.96. The summed E-state index contributed by atoms with van der Waals surface area (Å²) in [6.45, 7) is 1.60. The zero-order chi connectivity index (χ0) is 9.97. The summed E-state index contributed by atoms with van der Waals surface area (Å²) in [6.07, 6.45) is 8.23. The normalized spacial score (nSPS) is 17.5. The van der Waals surface area contributed by atoms with E-state index in [1.165, 1.54) is 25.7 Å². The van der Waals surface area contributed by atoms with Crippen LogP contribution in [0.4, 0.5) is 0 Å². The third kappa shape index (κ3) is 2.21. The third-order valence-electron chi connectivity index (χ3n) is 2.84. The Bertz CT molecular complexity index is 326. The molecule has 0 amide bonds. The highest BCUT2D eigenvalue weighted by Gasteiger charge is 2.17. The Labute approximate surface area is 88.4 Å². The smallest absolute Gasteiger partial charge is 0.171 e. The SMILES string of the molecule is CC(=O)c1cnc(CC2CCCC2)s1. The Morgan fingerprint density at radius 3 is 2.86 bits per heavy atom. The summed E-state index contributed by atoms with van der Waals surface area (Å²) >= 11 is 1.57. The Balaban J connectivity index is 1.98. The first-order chi connectivity index (χ1) is 6.75. The molecule has 0 radical (unpaired) electrons. The molecule has 76 valence electrons. The summed E-state index contributed by atoms with van der Waals surface area (Å²) < 4.78 is 0. The highest BCUT2D eigenvalue weighted by atomic mass is 32.1. The molecule has 1 aromatic rings. The molecule has 1 heterocycles. The lowest BCUT2D eigenvalue weighted by Crippen LogP contribution is -1.97. The van der Waals surface area contributed by atoms with Crippen molar-refractivity contribution < 1.29 is 4.79 Å². The van der Waals surface area contributed by atoms with E-state index in [1.54, 1.807) is 24.5 Å². The van der Waals surface area contributed by atoms with Crippen LogP contribution in [0.15, 0.2) is 6.20 Å². The number of thiazole rings is 1. The molecular weight excluding hydrogens is 194 g/mol. The molecule has 1 aliphatic carbocycles. The number of carbonyl (C=O) groups is 1. The molecule has 2 rings (SSSR count). The van der Waals surface area contributed by atoms with Crippen LogP contribution in [0.2, 0.25) is 0 Å². The Morgan fingerprint density at radius 1 is 1.57 bits per heavy atom. The number of nitrogens with zero attached hydrogens (tertiary/aromatic N) is 1. The van der Waals surface area contributed by atoms with E-state index in [2.05, 4.69) is 4.98 Å². The van der Waals surface area contributed by atoms with Gasteiger partial charge in [0.25, 0.3) is 0 Å². The van der Waals surface area contributed by atoms with E-state index in [1.807, 2.05) is 0 Å². The van der Waals surface area contributed by atoms with Gasteiger partial charge in [0.2, 0.25) is 0 Å². The molecule has 1 fully saturated rings. The van der Waals surface area contributed by atoms with Crippen LogP contribution in [-0.2, 0) is 6.42 Å². The van der Waals surface area contributed by atoms with E-state index in [0.29, 0.717) is 0 Å². The molecule has 0 aromatic carbocycles. The number of rotatable bonds is 3. The monoisotopic (exact) mass is 209 g/mol. The maximum Gasteiger partial charge on any atom is 0.171 e. The van der Waals surface area contributed by atoms with Crippen LogP contribution in [0, 0.1) is 5.92 Å². The van der Waals surface area contributed by atoms with E-state index in [-0.39, 0.29) is 5.78 Å². The molecule has 2 nitrogen and oxygen atoms in total. The number of aromatic nitrogens is 1. The number of carbonyl (C=O) groups excluding carboxylic acids is 1. The number of Topliss-reactive ketones (excluding diaryl/α,β-unsaturated/α-hetero) is 1. The van der Waals surface area contributed by atoms with Gasteiger partial charge < -0.3 is 0 Å². The highest BCUT2D eigenvalue weighted by Crippen LogP contribution is 2.29. The van der Waals surface area contributed by atoms with Crippen LogP contribution >= 0.6 is 11.3 Å². The van der Waals surface area contributed by atoms with Gasteiger partial charge in [0.15, 0.2) is 5.78 Å². The molecule has 14 heavy (non-hydrogen) atoms. The molecule has 1 aromatic heterocycles. The fourth-order valence-corrected chi connectivity index (χ4v) is 2.96. The Kier molecular flexibility index (Phi) is 2.96. The Morgan fingerprint density at radius 2 is 2.29 bits per heavy atom. The fourth-order valence-electron chi connectivity index (χ4n) is 2.03. The lowest BCUT2D eigenvalue weighted by atomic mass is 10.1. The molecule has 3 heteroatoms. The summed E-state index contributed by atoms with van der Waals surface area (Å²) in [4.78, 5) is 16.2. The second kappa shape index (κ2) is 4.22. The minimum absolute atomic E-state index is 0.139. The van der Waals surface area contributed by atoms with Crippen LogP contribution in [-0.4, -0.2) is 10.8 Å². The van der Waals surface area contributed by atoms with E-state index in [4.69, 9.17) is 0 Å². The van der Waals surface area contributed by atoms with Gasteiger partial charge >= 0.3 is 0 Å². The number of hydrogen-bond donors (Lipinski definition) is 0. The Hall–Kier alpha value is -0.700. The lowest BCUT2D eigenvalue weighted by molar-refractivity contribution is 0.102. The fraction of sp³-hybridized carbons (Fsp3) is 0.636. The second-order valence-corrected chi connectivity index (χ2v) is 5.14. The highest BCUT2D eigenvalue weighted by molar-refractivity contribution is 7.13. The van der Waals surface area contributed by atoms with Gasteiger partial charge in [0.1, 0.15) is 0 Å². The van der Waals surface area contributed by atoms with E-state index in [9.17, 15) is 4.79 Å². The van der Waals surface area contributed by atoms with Crippen LogP contribution in [0.1, 0.15) is 47.3 Å². The van der Waals surface area contributed by atoms with Gasteiger partial charge in [-0.25, -0.2) is 4.98 Å². The van der Waals surface area contributed by atoms with Crippen molar-refractivity contribution in [3.63, 3.8) is 0 Å². The van der Waals surface area contributed by atoms with Gasteiger partial charge in [0, 0.05) is 19.5 Å². The second-order valence-electron chi connectivity index (χ2n) is 4.03. The minimum Gasteiger partial charge on any atom is -0.294 e. The topological polar surface area (TPSA) is 30.0 Å². The molecular formula is C11H15NOS. The zero-order valence-electron chi connectivity index (χ0n) is 8.45. The summed E-state index contributed by atoms with van der Waals surface area (Å²) in [5, 5.41) is 1.14. The molecule has 0 saturated heterocycles. The molecule has 0 unspecified atom stereocenters. The van der Waals surface area contributed by atoms with Crippen molar-refractivity contribution in [1.82, 2.24) is 4.98 Å². The van der Waals surface area contributed by atoms with Crippen molar-refractivity contribution in [3.8, 4) is 0 Å². The molecule has 0 spiro atoms. The van der Waals surface area contributed by atoms with Gasteiger partial charge in [-0.3, -0.25) is 4.79 Å². The van der Waals surface area contributed by atoms with E-state index in [0.717, 1.165) is 22.2 Å². The molecule has 0 atom stereocenters. The van der Waals surface area contributed by atoms with Crippen molar-refractivity contribution in [2.24, 2.45) is 5.92 Å². The first-order valence-corrected chi connectivity index (χ1v) is 6.03. The predicted molar refractivity (Wildman–Crippen MR) is 57.8 cm³/mol. The summed E-state index contributed by atoms with van der Waals surface area (Å²) in [7, 11) is 0. The predicted octanol–water partition coefficient (Wildman–Crippen LogP) is 3.08. The van der Waals surface area contributed by atoms with Crippen LogP contribution in [0.3, 0.4) is 0 Å². The molecule has 0 bridgehead atoms. The summed E-state index contributed by atoms with van der Waals surface area (Å²) in [5.41, 5.74) is 0. The molecule has 1 aliphatic rings. The quantitative estimate of drug-likeness (QED) is 0.716. The molecule has 0 N–H and O–H groups in total. The van der Waals surface area contributed by atoms with E-state index >= 15 is 0 Å². The van der Waals surface area contributed by atoms with Crippen molar-refractivity contribution in [2.45, 2.75) is 39.0 Å². The minimum atomic E-state index is 0.139. The van der Waals surface area contributed by atoms with Gasteiger partial charge in [-0.05, 0) is 5.92 Å². The van der Waals surface area contributed by atoms with Crippen LogP contribution < -0.4 is 0 Å². The number of ketones is 1. The van der Waals surface area contributed by atoms with Crippen molar-refractivity contribution in [2.75, 3.05) is 0 Å². The van der Waals surface area contributed by atoms with Gasteiger partial charge in [0.05, 0.1) is 9.88 Å². The largest absolute Gasteiger partial charge is 0.294 e. The average Bonchev–Trinajstić information content (AvgIpc) is 2.75. The molecule has 1 saturated carbocycles. The maximum atomic E-state index is 11.1. The maximum absolute atomic E-state index is 11.1. The first kappa shape index (κ1) is 9.84. The van der Waals surface area contributed by atoms with Crippen molar-refractivity contribution in [1.29, 1.82) is 0 Å². The number of hydrogen-bond acceptors (Lipinski definition) is 3. The van der Waals surface area contributed by atoms with Gasteiger partial charge in [-0.2, -0.15) is 0 Å². The average molecular weight is 209 g/mol. The lowest BCUT2D eigenvalue weighted by Gasteiger charge is -2.04. The standard InChI is InChI=1S/C11H15NOS/c1-8(13)10-7-12-11(14-10)6-9-4-2-3-5-9/h7,9H,2-6H2,1H3. The molecule has 0 aliphatic heterocycles. The van der Waals surface area contributed by atoms with Crippen LogP contribution in [0.25, 0.3) is 0 Å². The van der Waals surface area contributed by atoms with E-state index < -0.39 is 0 Å². The zero-order valence-corrected chi connectivity index (χ0v) is 9.27. The van der Waals surface area contributed by atoms with Crippen molar-refractivity contribution in [3.05, 3.63) is 16.1 Å². The summed E-state index contributed by atoms with van der Waals surface area (Å²) in [5.74, 6) is 0.959.